The number of likely N-dealkylation sites (tertiary alicyclic amines) is 1. The molecule has 1 fully saturated rings. The Balaban J connectivity index is 1.50. The number of aliphatic hydroxyl groups is 1. The van der Waals surface area contributed by atoms with E-state index in [1.807, 2.05) is 36.4 Å². The number of nitrogens with zero attached hydrogens (tertiary/aromatic N) is 1. The van der Waals surface area contributed by atoms with Crippen LogP contribution in [0.4, 0.5) is 0 Å². The third-order valence-electron chi connectivity index (χ3n) is 4.75. The molecule has 0 aromatic heterocycles. The molecule has 1 aliphatic carbocycles. The van der Waals surface area contributed by atoms with Gasteiger partial charge in [0.1, 0.15) is 5.75 Å². The maximum atomic E-state index is 12.4. The van der Waals surface area contributed by atoms with E-state index < -0.39 is 6.10 Å². The highest BCUT2D eigenvalue weighted by atomic mass is 16.5. The predicted octanol–water partition coefficient (Wildman–Crippen LogP) is 1.52. The Bertz CT molecular complexity index is 646. The van der Waals surface area contributed by atoms with Crippen molar-refractivity contribution in [3.05, 3.63) is 42.0 Å². The molecular formula is C19H23NO5. The van der Waals surface area contributed by atoms with Crippen molar-refractivity contribution >= 4 is 11.8 Å². The van der Waals surface area contributed by atoms with Crippen molar-refractivity contribution in [2.24, 2.45) is 11.8 Å². The Morgan fingerprint density at radius 3 is 2.44 bits per heavy atom. The molecule has 1 aromatic rings. The van der Waals surface area contributed by atoms with Crippen molar-refractivity contribution in [1.29, 1.82) is 0 Å². The van der Waals surface area contributed by atoms with E-state index in [-0.39, 0.29) is 43.4 Å². The summed E-state index contributed by atoms with van der Waals surface area (Å²) in [5.74, 6) is -0.164. The number of fused-ring (bicyclic) bond motifs is 1. The summed E-state index contributed by atoms with van der Waals surface area (Å²) in [5, 5.41) is 10.2. The second-order valence-corrected chi connectivity index (χ2v) is 6.42. The number of rotatable bonds is 7. The summed E-state index contributed by atoms with van der Waals surface area (Å²) in [6.45, 7) is 0.317. The molecule has 1 heterocycles. The molecule has 25 heavy (non-hydrogen) atoms. The van der Waals surface area contributed by atoms with Gasteiger partial charge in [0, 0.05) is 5.56 Å². The van der Waals surface area contributed by atoms with Gasteiger partial charge < -0.3 is 14.6 Å². The topological polar surface area (TPSA) is 76.1 Å². The number of hydrogen-bond donors (Lipinski definition) is 1. The highest BCUT2D eigenvalue weighted by molar-refractivity contribution is 6.05. The Kier molecular flexibility index (Phi) is 5.50. The van der Waals surface area contributed by atoms with Crippen LogP contribution in [0.2, 0.25) is 0 Å². The van der Waals surface area contributed by atoms with Gasteiger partial charge in [0.05, 0.1) is 44.8 Å². The van der Waals surface area contributed by atoms with Gasteiger partial charge in [-0.15, -0.1) is 0 Å². The fourth-order valence-corrected chi connectivity index (χ4v) is 3.44. The summed E-state index contributed by atoms with van der Waals surface area (Å²) in [6, 6.07) is 7.48. The summed E-state index contributed by atoms with van der Waals surface area (Å²) in [5.41, 5.74) is 0.877. The number of carbonyl (C=O) groups excluding carboxylic acids is 2. The van der Waals surface area contributed by atoms with Crippen molar-refractivity contribution < 1.29 is 24.2 Å². The van der Waals surface area contributed by atoms with E-state index in [2.05, 4.69) is 0 Å². The number of methoxy groups -OCH3 is 1. The van der Waals surface area contributed by atoms with Crippen molar-refractivity contribution in [3.8, 4) is 5.75 Å². The van der Waals surface area contributed by atoms with Crippen molar-refractivity contribution in [1.82, 2.24) is 4.90 Å². The smallest absolute Gasteiger partial charge is 0.233 e. The molecule has 2 aliphatic rings. The largest absolute Gasteiger partial charge is 0.496 e. The molecule has 6 nitrogen and oxygen atoms in total. The van der Waals surface area contributed by atoms with E-state index in [1.165, 1.54) is 4.90 Å². The summed E-state index contributed by atoms with van der Waals surface area (Å²) < 4.78 is 10.8. The lowest BCUT2D eigenvalue weighted by Crippen LogP contribution is -2.39. The Hall–Kier alpha value is -2.18. The van der Waals surface area contributed by atoms with Crippen LogP contribution in [0.25, 0.3) is 0 Å². The monoisotopic (exact) mass is 345 g/mol. The fraction of sp³-hybridized carbons (Fsp3) is 0.474. The van der Waals surface area contributed by atoms with Gasteiger partial charge in [0.2, 0.25) is 11.8 Å². The quantitative estimate of drug-likeness (QED) is 0.599. The van der Waals surface area contributed by atoms with Crippen LogP contribution in [0.1, 0.15) is 18.4 Å². The van der Waals surface area contributed by atoms with Crippen LogP contribution in [-0.2, 0) is 20.9 Å². The van der Waals surface area contributed by atoms with Gasteiger partial charge >= 0.3 is 0 Å². The summed E-state index contributed by atoms with van der Waals surface area (Å²) >= 11 is 0. The van der Waals surface area contributed by atoms with Crippen LogP contribution >= 0.6 is 0 Å². The lowest BCUT2D eigenvalue weighted by molar-refractivity contribution is -0.142. The highest BCUT2D eigenvalue weighted by Gasteiger charge is 2.47. The highest BCUT2D eigenvalue weighted by Crippen LogP contribution is 2.35. The van der Waals surface area contributed by atoms with Crippen LogP contribution in [0.3, 0.4) is 0 Å². The fourth-order valence-electron chi connectivity index (χ4n) is 3.44. The number of imide groups is 1. The van der Waals surface area contributed by atoms with Crippen molar-refractivity contribution in [2.45, 2.75) is 25.6 Å². The summed E-state index contributed by atoms with van der Waals surface area (Å²) in [6.07, 6.45) is 4.19. The molecule has 0 unspecified atom stereocenters. The zero-order chi connectivity index (χ0) is 17.8. The molecule has 134 valence electrons. The standard InChI is InChI=1S/C19H23NO5/c1-24-17-9-5-2-6-13(17)11-25-12-14(21)10-20-18(22)15-7-3-4-8-16(15)19(20)23/h2-6,9,14-16,21H,7-8,10-12H2,1H3/t14-,15-,16+/m0/s1. The lowest BCUT2D eigenvalue weighted by atomic mass is 9.85. The number of allylic oxidation sites excluding steroid dienone is 2. The lowest BCUT2D eigenvalue weighted by Gasteiger charge is -2.19. The van der Waals surface area contributed by atoms with Gasteiger partial charge in [-0.2, -0.15) is 0 Å². The number of aliphatic hydroxyl groups excluding tert-OH is 1. The first-order valence-electron chi connectivity index (χ1n) is 8.49. The van der Waals surface area contributed by atoms with E-state index in [0.29, 0.717) is 12.8 Å². The minimum absolute atomic E-state index is 0.0173. The molecule has 3 atom stereocenters. The first kappa shape index (κ1) is 17.6. The SMILES string of the molecule is COc1ccccc1COC[C@@H](O)CN1C(=O)[C@H]2CC=CC[C@H]2C1=O. The zero-order valence-corrected chi connectivity index (χ0v) is 14.3. The number of para-hydroxylation sites is 1. The molecule has 0 radical (unpaired) electrons. The van der Waals surface area contributed by atoms with Crippen LogP contribution in [0.15, 0.2) is 36.4 Å². The number of amides is 2. The van der Waals surface area contributed by atoms with E-state index in [0.717, 1.165) is 11.3 Å². The zero-order valence-electron chi connectivity index (χ0n) is 14.3. The maximum Gasteiger partial charge on any atom is 0.233 e. The normalized spacial score (nSPS) is 23.7. The summed E-state index contributed by atoms with van der Waals surface area (Å²) in [7, 11) is 1.59. The average Bonchev–Trinajstić information content (AvgIpc) is 2.87. The molecule has 0 saturated carbocycles. The molecule has 2 amide bonds. The molecule has 1 saturated heterocycles. The van der Waals surface area contributed by atoms with Gasteiger partial charge in [-0.1, -0.05) is 30.4 Å². The van der Waals surface area contributed by atoms with Gasteiger partial charge in [0.25, 0.3) is 0 Å². The second-order valence-electron chi connectivity index (χ2n) is 6.42. The Morgan fingerprint density at radius 2 is 1.80 bits per heavy atom. The van der Waals surface area contributed by atoms with Crippen LogP contribution in [-0.4, -0.2) is 48.2 Å². The summed E-state index contributed by atoms with van der Waals surface area (Å²) in [4.78, 5) is 25.9. The first-order chi connectivity index (χ1) is 12.1. The van der Waals surface area contributed by atoms with Gasteiger partial charge in [-0.05, 0) is 18.9 Å². The molecule has 0 bridgehead atoms. The van der Waals surface area contributed by atoms with Crippen molar-refractivity contribution in [3.63, 3.8) is 0 Å². The van der Waals surface area contributed by atoms with Crippen LogP contribution < -0.4 is 4.74 Å². The Labute approximate surface area is 147 Å². The number of carbonyl (C=O) groups is 2. The minimum Gasteiger partial charge on any atom is -0.496 e. The molecule has 3 rings (SSSR count). The number of hydrogen-bond acceptors (Lipinski definition) is 5. The van der Waals surface area contributed by atoms with Gasteiger partial charge in [-0.25, -0.2) is 0 Å². The van der Waals surface area contributed by atoms with E-state index in [1.54, 1.807) is 7.11 Å². The minimum atomic E-state index is -0.907. The van der Waals surface area contributed by atoms with Crippen LogP contribution in [0.5, 0.6) is 5.75 Å². The molecular weight excluding hydrogens is 322 g/mol. The van der Waals surface area contributed by atoms with Gasteiger partial charge in [-0.3, -0.25) is 14.5 Å². The molecule has 1 aromatic carbocycles. The van der Waals surface area contributed by atoms with E-state index >= 15 is 0 Å². The number of β-amino-alcohol motifs (C(OH)–C–C–N with tert-alkyl or cyclic N) is 1. The molecule has 6 heteroatoms. The van der Waals surface area contributed by atoms with E-state index in [9.17, 15) is 14.7 Å². The number of benzene rings is 1. The maximum absolute atomic E-state index is 12.4. The van der Waals surface area contributed by atoms with Crippen molar-refractivity contribution in [2.75, 3.05) is 20.3 Å². The van der Waals surface area contributed by atoms with Crippen LogP contribution in [0, 0.1) is 11.8 Å². The molecule has 1 N–H and O–H groups in total. The number of ether oxygens (including phenoxy) is 2. The van der Waals surface area contributed by atoms with E-state index in [4.69, 9.17) is 9.47 Å². The molecule has 1 aliphatic heterocycles. The first-order valence-corrected chi connectivity index (χ1v) is 8.49. The average molecular weight is 345 g/mol. The molecule has 0 spiro atoms. The Morgan fingerprint density at radius 1 is 1.16 bits per heavy atom. The second kappa shape index (κ2) is 7.80. The third kappa shape index (κ3) is 3.75. The third-order valence-corrected chi connectivity index (χ3v) is 4.75. The van der Waals surface area contributed by atoms with Gasteiger partial charge in [0.15, 0.2) is 0 Å². The predicted molar refractivity (Wildman–Crippen MR) is 90.7 cm³/mol.